The first-order chi connectivity index (χ1) is 10.3. The van der Waals surface area contributed by atoms with E-state index in [4.69, 9.17) is 9.68 Å². The number of aromatic nitrogens is 4. The molecule has 0 aliphatic heterocycles. The lowest BCUT2D eigenvalue weighted by Gasteiger charge is -2.17. The minimum absolute atomic E-state index is 0.401. The molecular weight excluding hydrogens is 268 g/mol. The Hall–Kier alpha value is -2.88. The molecule has 0 bridgehead atoms. The molecule has 0 spiro atoms. The van der Waals surface area contributed by atoms with Crippen molar-refractivity contribution >= 4 is 16.9 Å². The molecule has 106 valence electrons. The fourth-order valence-corrected chi connectivity index (χ4v) is 2.22. The van der Waals surface area contributed by atoms with E-state index in [0.717, 1.165) is 22.6 Å². The third-order valence-electron chi connectivity index (χ3n) is 3.18. The summed E-state index contributed by atoms with van der Waals surface area (Å²) in [6.07, 6.45) is 5.30. The quantitative estimate of drug-likeness (QED) is 0.711. The molecule has 0 N–H and O–H groups in total. The second-order valence-electron chi connectivity index (χ2n) is 4.65. The van der Waals surface area contributed by atoms with Gasteiger partial charge in [-0.1, -0.05) is 0 Å². The summed E-state index contributed by atoms with van der Waals surface area (Å²) in [6.45, 7) is 1.14. The Labute approximate surface area is 121 Å². The van der Waals surface area contributed by atoms with Gasteiger partial charge in [0.05, 0.1) is 43.4 Å². The third kappa shape index (κ3) is 2.56. The van der Waals surface area contributed by atoms with Crippen LogP contribution in [0.4, 0.5) is 5.82 Å². The van der Waals surface area contributed by atoms with Crippen molar-refractivity contribution in [3.05, 3.63) is 36.7 Å². The van der Waals surface area contributed by atoms with E-state index in [1.54, 1.807) is 17.1 Å². The van der Waals surface area contributed by atoms with Crippen LogP contribution < -0.4 is 4.90 Å². The summed E-state index contributed by atoms with van der Waals surface area (Å²) in [5, 5.41) is 13.8. The van der Waals surface area contributed by atoms with Crippen LogP contribution in [-0.4, -0.2) is 26.8 Å². The maximum absolute atomic E-state index is 8.68. The van der Waals surface area contributed by atoms with Crippen LogP contribution in [0.1, 0.15) is 12.2 Å². The van der Waals surface area contributed by atoms with Crippen LogP contribution in [0.15, 0.2) is 35.3 Å². The molecule has 0 saturated heterocycles. The van der Waals surface area contributed by atoms with E-state index < -0.39 is 0 Å². The van der Waals surface area contributed by atoms with E-state index in [-0.39, 0.29) is 0 Å². The standard InChI is InChI=1S/C14H14N6O/c1-19(9-11-4-2-7-21-11)13-12-8-18-20(6-3-5-15)14(12)17-10-16-13/h2,4,7-8,10H,3,6,9H2,1H3. The Kier molecular flexibility index (Phi) is 3.51. The zero-order valence-electron chi connectivity index (χ0n) is 11.6. The van der Waals surface area contributed by atoms with E-state index in [9.17, 15) is 0 Å². The van der Waals surface area contributed by atoms with Gasteiger partial charge in [0.2, 0.25) is 0 Å². The molecule has 7 nitrogen and oxygen atoms in total. The number of rotatable bonds is 5. The minimum Gasteiger partial charge on any atom is -0.467 e. The highest BCUT2D eigenvalue weighted by Crippen LogP contribution is 2.23. The van der Waals surface area contributed by atoms with Crippen molar-refractivity contribution in [3.63, 3.8) is 0 Å². The summed E-state index contributed by atoms with van der Waals surface area (Å²) in [6, 6.07) is 5.89. The van der Waals surface area contributed by atoms with Gasteiger partial charge >= 0.3 is 0 Å². The number of nitriles is 1. The highest BCUT2D eigenvalue weighted by molar-refractivity contribution is 5.86. The monoisotopic (exact) mass is 282 g/mol. The van der Waals surface area contributed by atoms with Crippen LogP contribution in [0.25, 0.3) is 11.0 Å². The third-order valence-corrected chi connectivity index (χ3v) is 3.18. The molecule has 0 saturated carbocycles. The first-order valence-electron chi connectivity index (χ1n) is 6.56. The van der Waals surface area contributed by atoms with Gasteiger partial charge in [0.1, 0.15) is 17.9 Å². The van der Waals surface area contributed by atoms with Crippen LogP contribution >= 0.6 is 0 Å². The molecule has 7 heteroatoms. The fraction of sp³-hybridized carbons (Fsp3) is 0.286. The maximum Gasteiger partial charge on any atom is 0.163 e. The normalized spacial score (nSPS) is 10.7. The van der Waals surface area contributed by atoms with Crippen molar-refractivity contribution in [2.75, 3.05) is 11.9 Å². The Morgan fingerprint density at radius 1 is 1.43 bits per heavy atom. The number of fused-ring (bicyclic) bond motifs is 1. The Morgan fingerprint density at radius 3 is 3.10 bits per heavy atom. The summed E-state index contributed by atoms with van der Waals surface area (Å²) >= 11 is 0. The average molecular weight is 282 g/mol. The van der Waals surface area contributed by atoms with Crippen LogP contribution in [0.5, 0.6) is 0 Å². The predicted molar refractivity (Wildman–Crippen MR) is 76.4 cm³/mol. The summed E-state index contributed by atoms with van der Waals surface area (Å²) in [5.74, 6) is 1.65. The molecule has 0 aliphatic rings. The lowest BCUT2D eigenvalue weighted by atomic mass is 10.3. The van der Waals surface area contributed by atoms with Gasteiger partial charge < -0.3 is 9.32 Å². The Balaban J connectivity index is 1.92. The van der Waals surface area contributed by atoms with Crippen LogP contribution in [-0.2, 0) is 13.1 Å². The Morgan fingerprint density at radius 2 is 2.33 bits per heavy atom. The van der Waals surface area contributed by atoms with Crippen LogP contribution in [0.2, 0.25) is 0 Å². The number of hydrogen-bond donors (Lipinski definition) is 0. The second-order valence-corrected chi connectivity index (χ2v) is 4.65. The number of anilines is 1. The predicted octanol–water partition coefficient (Wildman–Crippen LogP) is 1.97. The van der Waals surface area contributed by atoms with Gasteiger partial charge in [-0.05, 0) is 12.1 Å². The van der Waals surface area contributed by atoms with Gasteiger partial charge in [-0.2, -0.15) is 10.4 Å². The van der Waals surface area contributed by atoms with Crippen molar-refractivity contribution < 1.29 is 4.42 Å². The maximum atomic E-state index is 8.68. The second kappa shape index (κ2) is 5.63. The molecule has 3 heterocycles. The molecule has 3 aromatic rings. The average Bonchev–Trinajstić information content (AvgIpc) is 3.14. The number of furan rings is 1. The lowest BCUT2D eigenvalue weighted by Crippen LogP contribution is -2.17. The van der Waals surface area contributed by atoms with Crippen molar-refractivity contribution in [2.45, 2.75) is 19.5 Å². The molecule has 0 aromatic carbocycles. The van der Waals surface area contributed by atoms with E-state index in [2.05, 4.69) is 21.1 Å². The largest absolute Gasteiger partial charge is 0.467 e. The lowest BCUT2D eigenvalue weighted by molar-refractivity contribution is 0.507. The van der Waals surface area contributed by atoms with Gasteiger partial charge in [-0.3, -0.25) is 0 Å². The van der Waals surface area contributed by atoms with Crippen LogP contribution in [0.3, 0.4) is 0 Å². The zero-order chi connectivity index (χ0) is 14.7. The van der Waals surface area contributed by atoms with Crippen molar-refractivity contribution in [1.29, 1.82) is 5.26 Å². The number of nitrogens with zero attached hydrogens (tertiary/aromatic N) is 6. The number of hydrogen-bond acceptors (Lipinski definition) is 6. The summed E-state index contributed by atoms with van der Waals surface area (Å²) in [5.41, 5.74) is 0.738. The highest BCUT2D eigenvalue weighted by atomic mass is 16.3. The van der Waals surface area contributed by atoms with Gasteiger partial charge in [-0.15, -0.1) is 0 Å². The first kappa shape index (κ1) is 13.1. The topological polar surface area (TPSA) is 83.8 Å². The molecule has 21 heavy (non-hydrogen) atoms. The first-order valence-corrected chi connectivity index (χ1v) is 6.56. The smallest absolute Gasteiger partial charge is 0.163 e. The minimum atomic E-state index is 0.401. The molecule has 0 radical (unpaired) electrons. The van der Waals surface area contributed by atoms with E-state index in [1.807, 2.05) is 24.1 Å². The van der Waals surface area contributed by atoms with Crippen molar-refractivity contribution in [3.8, 4) is 6.07 Å². The highest BCUT2D eigenvalue weighted by Gasteiger charge is 2.13. The fourth-order valence-electron chi connectivity index (χ4n) is 2.22. The van der Waals surface area contributed by atoms with Gasteiger partial charge in [-0.25, -0.2) is 14.6 Å². The van der Waals surface area contributed by atoms with Gasteiger partial charge in [0.15, 0.2) is 5.65 Å². The summed E-state index contributed by atoms with van der Waals surface area (Å²) < 4.78 is 7.08. The summed E-state index contributed by atoms with van der Waals surface area (Å²) in [7, 11) is 1.94. The molecule has 0 atom stereocenters. The molecular formula is C14H14N6O. The van der Waals surface area contributed by atoms with Crippen LogP contribution in [0, 0.1) is 11.3 Å². The Bertz CT molecular complexity index is 770. The van der Waals surface area contributed by atoms with Gasteiger partial charge in [0.25, 0.3) is 0 Å². The number of aryl methyl sites for hydroxylation is 1. The molecule has 0 fully saturated rings. The molecule has 3 rings (SSSR count). The molecule has 0 amide bonds. The summed E-state index contributed by atoms with van der Waals surface area (Å²) in [4.78, 5) is 10.6. The molecule has 3 aromatic heterocycles. The van der Waals surface area contributed by atoms with Gasteiger partial charge in [0, 0.05) is 7.05 Å². The van der Waals surface area contributed by atoms with Crippen molar-refractivity contribution in [1.82, 2.24) is 19.7 Å². The van der Waals surface area contributed by atoms with E-state index in [1.165, 1.54) is 6.33 Å². The van der Waals surface area contributed by atoms with Crippen molar-refractivity contribution in [2.24, 2.45) is 0 Å². The van der Waals surface area contributed by atoms with E-state index in [0.29, 0.717) is 19.5 Å². The SMILES string of the molecule is CN(Cc1ccco1)c1ncnc2c1cnn2CCC#N. The molecule has 0 unspecified atom stereocenters. The molecule has 0 aliphatic carbocycles. The van der Waals surface area contributed by atoms with E-state index >= 15 is 0 Å². The zero-order valence-corrected chi connectivity index (χ0v) is 11.6.